The summed E-state index contributed by atoms with van der Waals surface area (Å²) in [5.74, 6) is -4.16. The second kappa shape index (κ2) is 7.73. The maximum absolute atomic E-state index is 13.3. The van der Waals surface area contributed by atoms with Crippen LogP contribution in [-0.2, 0) is 7.05 Å². The monoisotopic (exact) mass is 403 g/mol. The number of carbonyl (C=O) groups is 1. The molecule has 3 aromatic rings. The lowest BCUT2D eigenvalue weighted by molar-refractivity contribution is 0.0925. The Morgan fingerprint density at radius 3 is 2.41 bits per heavy atom. The summed E-state index contributed by atoms with van der Waals surface area (Å²) in [6.07, 6.45) is 6.47. The summed E-state index contributed by atoms with van der Waals surface area (Å²) < 4.78 is 41.7. The van der Waals surface area contributed by atoms with Crippen LogP contribution in [0, 0.1) is 17.5 Å². The topological polar surface area (TPSA) is 71.8 Å². The molecule has 0 aliphatic heterocycles. The molecule has 0 atom stereocenters. The molecule has 0 spiro atoms. The van der Waals surface area contributed by atoms with Crippen LogP contribution >= 0.6 is 0 Å². The van der Waals surface area contributed by atoms with Gasteiger partial charge in [-0.2, -0.15) is 0 Å². The standard InChI is InChI=1S/C20H20F3N5O/c1-28-7-6-14-18(24-10-25-19(14)28)26-12-2-4-13(5-3-12)27-20(29)11-8-15(21)17(23)16(22)9-11/h6-10,12-13H,2-5H2,1H3,(H,27,29)(H,24,25,26). The Hall–Kier alpha value is -3.10. The van der Waals surface area contributed by atoms with Crippen molar-refractivity contribution in [3.05, 3.63) is 53.7 Å². The van der Waals surface area contributed by atoms with Gasteiger partial charge >= 0.3 is 0 Å². The Morgan fingerprint density at radius 1 is 1.07 bits per heavy atom. The molecule has 0 saturated heterocycles. The fraction of sp³-hybridized carbons (Fsp3) is 0.350. The Bertz CT molecular complexity index is 1040. The van der Waals surface area contributed by atoms with E-state index < -0.39 is 23.4 Å². The lowest BCUT2D eigenvalue weighted by Crippen LogP contribution is -2.40. The fourth-order valence-electron chi connectivity index (χ4n) is 3.72. The Balaban J connectivity index is 1.35. The predicted molar refractivity (Wildman–Crippen MR) is 102 cm³/mol. The first kappa shape index (κ1) is 19.2. The molecule has 2 aromatic heterocycles. The number of amides is 1. The van der Waals surface area contributed by atoms with Gasteiger partial charge in [0.15, 0.2) is 17.5 Å². The van der Waals surface area contributed by atoms with Crippen molar-refractivity contribution in [3.8, 4) is 0 Å². The van der Waals surface area contributed by atoms with Gasteiger partial charge in [-0.25, -0.2) is 23.1 Å². The third-order valence-electron chi connectivity index (χ3n) is 5.31. The second-order valence-corrected chi connectivity index (χ2v) is 7.31. The SMILES string of the molecule is Cn1ccc2c(NC3CCC(NC(=O)c4cc(F)c(F)c(F)c4)CC3)ncnc21. The first-order chi connectivity index (χ1) is 13.9. The number of aromatic nitrogens is 3. The van der Waals surface area contributed by atoms with Crippen molar-refractivity contribution in [2.45, 2.75) is 37.8 Å². The molecule has 0 radical (unpaired) electrons. The zero-order valence-electron chi connectivity index (χ0n) is 15.8. The first-order valence-corrected chi connectivity index (χ1v) is 9.40. The summed E-state index contributed by atoms with van der Waals surface area (Å²) in [5.41, 5.74) is 0.622. The van der Waals surface area contributed by atoms with Gasteiger partial charge in [-0.05, 0) is 43.9 Å². The van der Waals surface area contributed by atoms with Gasteiger partial charge in [-0.3, -0.25) is 4.79 Å². The van der Waals surface area contributed by atoms with E-state index in [2.05, 4.69) is 20.6 Å². The minimum atomic E-state index is -1.58. The molecular formula is C20H20F3N5O. The van der Waals surface area contributed by atoms with E-state index in [0.29, 0.717) is 25.0 Å². The summed E-state index contributed by atoms with van der Waals surface area (Å²) in [6.45, 7) is 0. The number of carbonyl (C=O) groups excluding carboxylic acids is 1. The van der Waals surface area contributed by atoms with Gasteiger partial charge in [0.25, 0.3) is 5.91 Å². The van der Waals surface area contributed by atoms with E-state index in [9.17, 15) is 18.0 Å². The lowest BCUT2D eigenvalue weighted by atomic mass is 9.91. The average Bonchev–Trinajstić information content (AvgIpc) is 3.09. The van der Waals surface area contributed by atoms with E-state index >= 15 is 0 Å². The van der Waals surface area contributed by atoms with Crippen LogP contribution in [0.2, 0.25) is 0 Å². The van der Waals surface area contributed by atoms with Crippen molar-refractivity contribution in [1.29, 1.82) is 0 Å². The van der Waals surface area contributed by atoms with E-state index in [4.69, 9.17) is 0 Å². The van der Waals surface area contributed by atoms with Crippen LogP contribution < -0.4 is 10.6 Å². The zero-order chi connectivity index (χ0) is 20.5. The summed E-state index contributed by atoms with van der Waals surface area (Å²) in [5, 5.41) is 7.17. The number of rotatable bonds is 4. The highest BCUT2D eigenvalue weighted by molar-refractivity contribution is 5.94. The maximum atomic E-state index is 13.3. The van der Waals surface area contributed by atoms with Crippen molar-refractivity contribution in [2.75, 3.05) is 5.32 Å². The summed E-state index contributed by atoms with van der Waals surface area (Å²) in [7, 11) is 1.92. The number of benzene rings is 1. The second-order valence-electron chi connectivity index (χ2n) is 7.31. The van der Waals surface area contributed by atoms with Crippen LogP contribution in [-0.4, -0.2) is 32.5 Å². The molecule has 1 fully saturated rings. The first-order valence-electron chi connectivity index (χ1n) is 9.40. The van der Waals surface area contributed by atoms with E-state index in [1.54, 1.807) is 0 Å². The molecule has 1 amide bonds. The maximum Gasteiger partial charge on any atom is 0.251 e. The van der Waals surface area contributed by atoms with Crippen LogP contribution in [0.5, 0.6) is 0 Å². The number of aryl methyl sites for hydroxylation is 1. The van der Waals surface area contributed by atoms with Crippen molar-refractivity contribution in [2.24, 2.45) is 7.05 Å². The van der Waals surface area contributed by atoms with Crippen LogP contribution in [0.1, 0.15) is 36.0 Å². The van der Waals surface area contributed by atoms with Crippen LogP contribution in [0.4, 0.5) is 19.0 Å². The molecule has 1 saturated carbocycles. The van der Waals surface area contributed by atoms with E-state index in [-0.39, 0.29) is 17.6 Å². The molecular weight excluding hydrogens is 383 g/mol. The normalized spacial score (nSPS) is 19.3. The summed E-state index contributed by atoms with van der Waals surface area (Å²) in [6, 6.07) is 3.47. The Kier molecular flexibility index (Phi) is 5.12. The number of nitrogens with one attached hydrogen (secondary N) is 2. The fourth-order valence-corrected chi connectivity index (χ4v) is 3.72. The zero-order valence-corrected chi connectivity index (χ0v) is 15.8. The predicted octanol–water partition coefficient (Wildman–Crippen LogP) is 3.54. The van der Waals surface area contributed by atoms with Gasteiger partial charge in [0, 0.05) is 30.9 Å². The van der Waals surface area contributed by atoms with Gasteiger partial charge in [0.05, 0.1) is 5.39 Å². The largest absolute Gasteiger partial charge is 0.367 e. The van der Waals surface area contributed by atoms with E-state index in [1.807, 2.05) is 23.9 Å². The van der Waals surface area contributed by atoms with Crippen molar-refractivity contribution in [3.63, 3.8) is 0 Å². The third-order valence-corrected chi connectivity index (χ3v) is 5.31. The smallest absolute Gasteiger partial charge is 0.251 e. The highest BCUT2D eigenvalue weighted by atomic mass is 19.2. The Morgan fingerprint density at radius 2 is 1.72 bits per heavy atom. The molecule has 152 valence electrons. The van der Waals surface area contributed by atoms with Gasteiger partial charge in [-0.15, -0.1) is 0 Å². The number of fused-ring (bicyclic) bond motifs is 1. The third kappa shape index (κ3) is 3.90. The molecule has 1 aliphatic rings. The van der Waals surface area contributed by atoms with Crippen molar-refractivity contribution in [1.82, 2.24) is 19.9 Å². The van der Waals surface area contributed by atoms with E-state index in [0.717, 1.165) is 29.7 Å². The van der Waals surface area contributed by atoms with Gasteiger partial charge in [0.2, 0.25) is 0 Å². The molecule has 2 N–H and O–H groups in total. The van der Waals surface area contributed by atoms with Gasteiger partial charge < -0.3 is 15.2 Å². The highest BCUT2D eigenvalue weighted by Crippen LogP contribution is 2.26. The van der Waals surface area contributed by atoms with Crippen LogP contribution in [0.25, 0.3) is 11.0 Å². The molecule has 6 nitrogen and oxygen atoms in total. The molecule has 2 heterocycles. The molecule has 4 rings (SSSR count). The minimum Gasteiger partial charge on any atom is -0.367 e. The molecule has 0 unspecified atom stereocenters. The lowest BCUT2D eigenvalue weighted by Gasteiger charge is -2.30. The van der Waals surface area contributed by atoms with Crippen LogP contribution in [0.15, 0.2) is 30.7 Å². The quantitative estimate of drug-likeness (QED) is 0.654. The van der Waals surface area contributed by atoms with Crippen molar-refractivity contribution < 1.29 is 18.0 Å². The number of nitrogens with zero attached hydrogens (tertiary/aromatic N) is 3. The molecule has 0 bridgehead atoms. The number of halogens is 3. The molecule has 9 heteroatoms. The number of hydrogen-bond donors (Lipinski definition) is 2. The molecule has 29 heavy (non-hydrogen) atoms. The number of hydrogen-bond acceptors (Lipinski definition) is 4. The molecule has 1 aromatic carbocycles. The average molecular weight is 403 g/mol. The summed E-state index contributed by atoms with van der Waals surface area (Å²) >= 11 is 0. The van der Waals surface area contributed by atoms with E-state index in [1.165, 1.54) is 6.33 Å². The van der Waals surface area contributed by atoms with Crippen molar-refractivity contribution >= 4 is 22.8 Å². The molecule has 1 aliphatic carbocycles. The van der Waals surface area contributed by atoms with Crippen LogP contribution in [0.3, 0.4) is 0 Å². The van der Waals surface area contributed by atoms with Gasteiger partial charge in [0.1, 0.15) is 17.8 Å². The summed E-state index contributed by atoms with van der Waals surface area (Å²) in [4.78, 5) is 20.9. The van der Waals surface area contributed by atoms with Gasteiger partial charge in [-0.1, -0.05) is 0 Å². The Labute approximate surface area is 165 Å². The highest BCUT2D eigenvalue weighted by Gasteiger charge is 2.24. The number of anilines is 1. The minimum absolute atomic E-state index is 0.112.